The summed E-state index contributed by atoms with van der Waals surface area (Å²) >= 11 is 21.1. The molecule has 0 spiro atoms. The van der Waals surface area contributed by atoms with Crippen molar-refractivity contribution in [2.45, 2.75) is 46.7 Å². The lowest BCUT2D eigenvalue weighted by atomic mass is 9.97. The van der Waals surface area contributed by atoms with Crippen LogP contribution in [0.2, 0.25) is 5.02 Å². The number of rotatable bonds is 10. The second kappa shape index (κ2) is 13.6. The first-order valence-electron chi connectivity index (χ1n) is 13.2. The maximum atomic E-state index is 15.2. The van der Waals surface area contributed by atoms with Gasteiger partial charge in [-0.25, -0.2) is 13.2 Å². The van der Waals surface area contributed by atoms with Crippen LogP contribution < -0.4 is 5.32 Å². The summed E-state index contributed by atoms with van der Waals surface area (Å²) < 4.78 is 119. The van der Waals surface area contributed by atoms with Crippen molar-refractivity contribution in [3.8, 4) is 0 Å². The van der Waals surface area contributed by atoms with Gasteiger partial charge >= 0.3 is 12.4 Å². The van der Waals surface area contributed by atoms with E-state index in [1.165, 1.54) is 12.1 Å². The molecule has 3 atom stereocenters. The van der Waals surface area contributed by atoms with Gasteiger partial charge in [-0.05, 0) is 47.5 Å². The summed E-state index contributed by atoms with van der Waals surface area (Å²) in [4.78, 5) is 36.6. The van der Waals surface area contributed by atoms with Gasteiger partial charge in [0.05, 0.1) is 27.8 Å². The maximum Gasteiger partial charge on any atom is 0.419 e. The smallest absolute Gasteiger partial charge is 0.326 e. The molecule has 0 bridgehead atoms. The molecule has 17 heteroatoms. The third-order valence-corrected chi connectivity index (χ3v) is 9.36. The monoisotopic (exact) mass is 795 g/mol. The Labute approximate surface area is 283 Å². The molecule has 1 fully saturated rings. The Morgan fingerprint density at radius 3 is 2.15 bits per heavy atom. The number of anilines is 1. The molecule has 4 rings (SSSR count). The minimum absolute atomic E-state index is 0.0495. The second-order valence-electron chi connectivity index (χ2n) is 10.6. The summed E-state index contributed by atoms with van der Waals surface area (Å²) in [6.45, 7) is 0. The van der Waals surface area contributed by atoms with E-state index in [1.54, 1.807) is 0 Å². The maximum absolute atomic E-state index is 15.2. The molecule has 0 saturated heterocycles. The van der Waals surface area contributed by atoms with Crippen molar-refractivity contribution in [2.75, 3.05) is 5.32 Å². The van der Waals surface area contributed by atoms with Crippen LogP contribution in [0.1, 0.15) is 45.0 Å². The van der Waals surface area contributed by atoms with Crippen LogP contribution in [0.15, 0.2) is 48.5 Å². The number of Topliss-reactive ketones (excluding diaryl/α,β-unsaturated/α-hetero) is 2. The Kier molecular flexibility index (Phi) is 10.7. The summed E-state index contributed by atoms with van der Waals surface area (Å²) in [7, 11) is 0. The number of carbonyl (C=O) groups is 3. The molecular weight excluding hydrogens is 780 g/mol. The minimum atomic E-state index is -5.02. The molecule has 1 aliphatic rings. The van der Waals surface area contributed by atoms with E-state index in [9.17, 15) is 49.5 Å². The average molecular weight is 798 g/mol. The molecule has 1 aliphatic carbocycles. The van der Waals surface area contributed by atoms with Gasteiger partial charge in [-0.15, -0.1) is 23.2 Å². The van der Waals surface area contributed by atoms with Gasteiger partial charge in [0.2, 0.25) is 5.91 Å². The Morgan fingerprint density at radius 2 is 1.53 bits per heavy atom. The third kappa shape index (κ3) is 8.44. The van der Waals surface area contributed by atoms with Crippen LogP contribution in [-0.2, 0) is 28.6 Å². The quantitative estimate of drug-likeness (QED) is 0.126. The van der Waals surface area contributed by atoms with Crippen LogP contribution in [0.4, 0.5) is 45.2 Å². The van der Waals surface area contributed by atoms with E-state index in [2.05, 4.69) is 21.2 Å². The number of ketones is 2. The van der Waals surface area contributed by atoms with Crippen LogP contribution in [0.3, 0.4) is 0 Å². The zero-order valence-electron chi connectivity index (χ0n) is 23.1. The van der Waals surface area contributed by atoms with Gasteiger partial charge < -0.3 is 5.32 Å². The lowest BCUT2D eigenvalue weighted by molar-refractivity contribution is -0.141. The second-order valence-corrected chi connectivity index (χ2v) is 13.5. The van der Waals surface area contributed by atoms with Crippen LogP contribution in [0.5, 0.6) is 0 Å². The van der Waals surface area contributed by atoms with E-state index >= 15 is 4.39 Å². The molecule has 47 heavy (non-hydrogen) atoms. The fourth-order valence-corrected chi connectivity index (χ4v) is 6.45. The Bertz CT molecular complexity index is 1750. The highest BCUT2D eigenvalue weighted by Gasteiger charge is 2.67. The van der Waals surface area contributed by atoms with Gasteiger partial charge in [0, 0.05) is 35.6 Å². The SMILES string of the molecule is O=C(Cc1ccc(F)c(CC(=O)C(Br)CC(F)(F)F)c1F)c1cc(NC(=O)[C@H]2[C@H](c3ccc(F)c(C(F)(F)F)c3)C2(Cl)Cl)ccc1Cl. The van der Waals surface area contributed by atoms with E-state index in [-0.39, 0.29) is 21.8 Å². The normalized spacial score (nSPS) is 18.1. The fraction of sp³-hybridized carbons (Fsp3) is 0.300. The predicted molar refractivity (Wildman–Crippen MR) is 159 cm³/mol. The van der Waals surface area contributed by atoms with Gasteiger partial charge in [-0.2, -0.15) is 26.3 Å². The highest BCUT2D eigenvalue weighted by atomic mass is 79.9. The molecule has 0 radical (unpaired) electrons. The molecule has 4 nitrogen and oxygen atoms in total. The van der Waals surface area contributed by atoms with E-state index < -0.39 is 104 Å². The largest absolute Gasteiger partial charge is 0.419 e. The number of nitrogens with one attached hydrogen (secondary N) is 1. The average Bonchev–Trinajstić information content (AvgIpc) is 3.53. The van der Waals surface area contributed by atoms with Crippen LogP contribution in [0.25, 0.3) is 0 Å². The highest BCUT2D eigenvalue weighted by molar-refractivity contribution is 9.10. The van der Waals surface area contributed by atoms with Crippen LogP contribution in [-0.4, -0.2) is 32.8 Å². The van der Waals surface area contributed by atoms with Crippen molar-refractivity contribution < 1.29 is 53.9 Å². The van der Waals surface area contributed by atoms with Crippen molar-refractivity contribution in [3.05, 3.63) is 98.8 Å². The van der Waals surface area contributed by atoms with Gasteiger partial charge in [-0.3, -0.25) is 14.4 Å². The van der Waals surface area contributed by atoms with E-state index in [1.807, 2.05) is 0 Å². The Balaban J connectivity index is 1.50. The number of hydrogen-bond acceptors (Lipinski definition) is 3. The number of benzene rings is 3. The van der Waals surface area contributed by atoms with Crippen LogP contribution in [0, 0.1) is 23.4 Å². The summed E-state index contributed by atoms with van der Waals surface area (Å²) in [6, 6.07) is 7.30. The first kappa shape index (κ1) is 37.0. The van der Waals surface area contributed by atoms with Crippen molar-refractivity contribution >= 4 is 73.9 Å². The number of hydrogen-bond donors (Lipinski definition) is 1. The molecule has 1 amide bonds. The molecule has 252 valence electrons. The molecule has 0 heterocycles. The topological polar surface area (TPSA) is 63.2 Å². The number of amides is 1. The fourth-order valence-electron chi connectivity index (χ4n) is 4.87. The van der Waals surface area contributed by atoms with Gasteiger partial charge in [0.1, 0.15) is 21.8 Å². The Morgan fingerprint density at radius 1 is 0.894 bits per heavy atom. The van der Waals surface area contributed by atoms with Crippen molar-refractivity contribution in [1.82, 2.24) is 0 Å². The zero-order valence-corrected chi connectivity index (χ0v) is 27.0. The number of alkyl halides is 9. The molecule has 0 aliphatic heterocycles. The first-order valence-corrected chi connectivity index (χ1v) is 15.2. The molecule has 1 N–H and O–H groups in total. The van der Waals surface area contributed by atoms with Crippen LogP contribution >= 0.6 is 50.7 Å². The van der Waals surface area contributed by atoms with Gasteiger partial charge in [-0.1, -0.05) is 39.7 Å². The predicted octanol–water partition coefficient (Wildman–Crippen LogP) is 9.55. The van der Waals surface area contributed by atoms with Gasteiger partial charge in [0.25, 0.3) is 0 Å². The zero-order chi connectivity index (χ0) is 35.2. The van der Waals surface area contributed by atoms with Crippen molar-refractivity contribution in [2.24, 2.45) is 5.92 Å². The summed E-state index contributed by atoms with van der Waals surface area (Å²) in [6.07, 6.45) is -13.1. The molecular formula is C30H18BrCl3F9NO3. The molecule has 0 aromatic heterocycles. The van der Waals surface area contributed by atoms with E-state index in [0.717, 1.165) is 24.3 Å². The third-order valence-electron chi connectivity index (χ3n) is 7.25. The Hall–Kier alpha value is -2.81. The van der Waals surface area contributed by atoms with E-state index in [4.69, 9.17) is 34.8 Å². The molecule has 1 saturated carbocycles. The standard InChI is InChI=1S/C30H18BrCl3F9NO3/c31-18(11-28(38,39)40)23(46)10-16-20(35)5-2-13(26(16)37)8-22(45)15-9-14(3-4-19(15)32)44-27(47)25-24(29(25,33)34)12-1-6-21(36)17(7-12)30(41,42)43/h1-7,9,18,24-25H,8,10-11H2,(H,44,47)/t18?,24-,25+/m0/s1. The first-order chi connectivity index (χ1) is 21.6. The molecule has 3 aromatic carbocycles. The van der Waals surface area contributed by atoms with E-state index in [0.29, 0.717) is 12.1 Å². The summed E-state index contributed by atoms with van der Waals surface area (Å²) in [5.74, 6) is -9.38. The number of halogens is 13. The van der Waals surface area contributed by atoms with Crippen molar-refractivity contribution in [1.29, 1.82) is 0 Å². The van der Waals surface area contributed by atoms with Gasteiger partial charge in [0.15, 0.2) is 11.6 Å². The summed E-state index contributed by atoms with van der Waals surface area (Å²) in [5, 5.41) is 2.26. The molecule has 1 unspecified atom stereocenters. The van der Waals surface area contributed by atoms with Crippen molar-refractivity contribution in [3.63, 3.8) is 0 Å². The summed E-state index contributed by atoms with van der Waals surface area (Å²) in [5.41, 5.74) is -3.26. The lowest BCUT2D eigenvalue weighted by Crippen LogP contribution is -2.24. The minimum Gasteiger partial charge on any atom is -0.326 e. The lowest BCUT2D eigenvalue weighted by Gasteiger charge is -2.14. The number of carbonyl (C=O) groups excluding carboxylic acids is 3. The molecule has 3 aromatic rings. The highest BCUT2D eigenvalue weighted by Crippen LogP contribution is 2.65.